The van der Waals surface area contributed by atoms with E-state index >= 15 is 0 Å². The molecule has 0 spiro atoms. The Labute approximate surface area is 161 Å². The Morgan fingerprint density at radius 2 is 1.78 bits per heavy atom. The highest BCUT2D eigenvalue weighted by molar-refractivity contribution is 7.98. The smallest absolute Gasteiger partial charge is 0.319 e. The lowest BCUT2D eigenvalue weighted by Gasteiger charge is -2.11. The fourth-order valence-corrected chi connectivity index (χ4v) is 3.38. The molecular weight excluding hydrogens is 390 g/mol. The number of hydrogen-bond donors (Lipinski definition) is 5. The van der Waals surface area contributed by atoms with Crippen LogP contribution < -0.4 is 26.2 Å². The highest BCUT2D eigenvalue weighted by atomic mass is 32.2. The monoisotopic (exact) mass is 409 g/mol. The van der Waals surface area contributed by atoms with Crippen LogP contribution in [0.5, 0.6) is 0 Å². The first kappa shape index (κ1) is 20.4. The lowest BCUT2D eigenvalue weighted by atomic mass is 10.3. The molecule has 0 unspecified atom stereocenters. The second kappa shape index (κ2) is 9.69. The average molecular weight is 409 g/mol. The van der Waals surface area contributed by atoms with Gasteiger partial charge in [-0.25, -0.2) is 13.2 Å². The molecule has 3 amide bonds. The number of carbonyl (C=O) groups excluding carboxylic acids is 2. The van der Waals surface area contributed by atoms with Crippen molar-refractivity contribution < 1.29 is 18.0 Å². The number of hydrazine groups is 1. The molecule has 9 nitrogen and oxygen atoms in total. The number of sulfonamides is 1. The van der Waals surface area contributed by atoms with Gasteiger partial charge in [0.25, 0.3) is 10.0 Å². The molecule has 5 N–H and O–H groups in total. The molecule has 0 aliphatic rings. The highest BCUT2D eigenvalue weighted by Gasteiger charge is 2.15. The maximum absolute atomic E-state index is 12.6. The van der Waals surface area contributed by atoms with Gasteiger partial charge in [-0.2, -0.15) is 0 Å². The average Bonchev–Trinajstić information content (AvgIpc) is 2.66. The van der Waals surface area contributed by atoms with Gasteiger partial charge in [0.1, 0.15) is 0 Å². The Kier molecular flexibility index (Phi) is 7.32. The summed E-state index contributed by atoms with van der Waals surface area (Å²) in [6.45, 7) is 0. The van der Waals surface area contributed by atoms with E-state index in [0.29, 0.717) is 29.3 Å². The molecule has 0 radical (unpaired) electrons. The van der Waals surface area contributed by atoms with Crippen molar-refractivity contribution >= 4 is 51.3 Å². The minimum Gasteiger partial charge on any atom is -0.329 e. The SMILES string of the molecule is CSCNC(=O)Nc1cccc(S(=O)(=O)Nc2ccc(NNC=O)cc2)c1. The summed E-state index contributed by atoms with van der Waals surface area (Å²) in [5.41, 5.74) is 6.19. The summed E-state index contributed by atoms with van der Waals surface area (Å²) in [7, 11) is -3.84. The van der Waals surface area contributed by atoms with E-state index < -0.39 is 16.1 Å². The molecule has 27 heavy (non-hydrogen) atoms. The highest BCUT2D eigenvalue weighted by Crippen LogP contribution is 2.20. The van der Waals surface area contributed by atoms with E-state index in [1.165, 1.54) is 30.0 Å². The van der Waals surface area contributed by atoms with Crippen molar-refractivity contribution in [3.8, 4) is 0 Å². The minimum absolute atomic E-state index is 0.00925. The van der Waals surface area contributed by atoms with E-state index in [9.17, 15) is 18.0 Å². The number of urea groups is 1. The molecule has 2 aromatic carbocycles. The largest absolute Gasteiger partial charge is 0.329 e. The number of nitrogens with one attached hydrogen (secondary N) is 5. The third kappa shape index (κ3) is 6.38. The van der Waals surface area contributed by atoms with E-state index in [1.807, 2.05) is 6.26 Å². The maximum atomic E-state index is 12.6. The maximum Gasteiger partial charge on any atom is 0.319 e. The molecule has 0 aliphatic heterocycles. The Hall–Kier alpha value is -2.92. The molecule has 0 heterocycles. The summed E-state index contributed by atoms with van der Waals surface area (Å²) in [5.74, 6) is 0.443. The summed E-state index contributed by atoms with van der Waals surface area (Å²) in [6, 6.07) is 11.8. The second-order valence-corrected chi connectivity index (χ2v) is 7.71. The van der Waals surface area contributed by atoms with E-state index in [0.717, 1.165) is 0 Å². The zero-order valence-corrected chi connectivity index (χ0v) is 16.0. The van der Waals surface area contributed by atoms with Gasteiger partial charge in [-0.15, -0.1) is 11.8 Å². The van der Waals surface area contributed by atoms with Crippen LogP contribution in [0.2, 0.25) is 0 Å². The first-order valence-electron chi connectivity index (χ1n) is 7.66. The number of benzene rings is 2. The van der Waals surface area contributed by atoms with E-state index in [1.54, 1.807) is 30.3 Å². The summed E-state index contributed by atoms with van der Waals surface area (Å²) >= 11 is 1.45. The van der Waals surface area contributed by atoms with Gasteiger partial charge in [0, 0.05) is 11.4 Å². The van der Waals surface area contributed by atoms with Crippen LogP contribution in [0.25, 0.3) is 0 Å². The molecule has 2 aromatic rings. The molecule has 0 fully saturated rings. The minimum atomic E-state index is -3.84. The molecule has 0 atom stereocenters. The molecule has 0 saturated carbocycles. The van der Waals surface area contributed by atoms with Crippen LogP contribution in [0.3, 0.4) is 0 Å². The van der Waals surface area contributed by atoms with E-state index in [-0.39, 0.29) is 4.90 Å². The van der Waals surface area contributed by atoms with Gasteiger partial charge in [0.15, 0.2) is 0 Å². The quantitative estimate of drug-likeness (QED) is 0.245. The summed E-state index contributed by atoms with van der Waals surface area (Å²) in [6.07, 6.45) is 2.33. The first-order valence-corrected chi connectivity index (χ1v) is 10.5. The third-order valence-electron chi connectivity index (χ3n) is 3.19. The lowest BCUT2D eigenvalue weighted by molar-refractivity contribution is -0.109. The summed E-state index contributed by atoms with van der Waals surface area (Å²) in [5, 5.41) is 5.19. The van der Waals surface area contributed by atoms with Crippen molar-refractivity contribution in [1.29, 1.82) is 0 Å². The summed E-state index contributed by atoms with van der Waals surface area (Å²) < 4.78 is 27.6. The fraction of sp³-hybridized carbons (Fsp3) is 0.125. The molecule has 0 saturated heterocycles. The molecule has 0 bridgehead atoms. The van der Waals surface area contributed by atoms with Crippen molar-refractivity contribution in [3.05, 3.63) is 48.5 Å². The van der Waals surface area contributed by atoms with Crippen molar-refractivity contribution in [3.63, 3.8) is 0 Å². The van der Waals surface area contributed by atoms with E-state index in [4.69, 9.17) is 0 Å². The number of amides is 3. The second-order valence-electron chi connectivity index (χ2n) is 5.16. The van der Waals surface area contributed by atoms with Gasteiger partial charge in [0.2, 0.25) is 6.41 Å². The van der Waals surface area contributed by atoms with Crippen molar-refractivity contribution in [2.24, 2.45) is 0 Å². The standard InChI is InChI=1S/C16H19N5O4S2/c1-26-11-17-16(23)19-14-3-2-4-15(9-14)27(24,25)21-13-7-5-12(6-8-13)20-18-10-22/h2-10,20-21H,11H2,1H3,(H,18,22)(H2,17,19,23). The Balaban J connectivity index is 2.08. The Morgan fingerprint density at radius 1 is 1.07 bits per heavy atom. The normalized spacial score (nSPS) is 10.6. The molecule has 0 aromatic heterocycles. The number of hydrogen-bond acceptors (Lipinski definition) is 6. The van der Waals surface area contributed by atoms with Crippen LogP contribution in [0.1, 0.15) is 0 Å². The number of anilines is 3. The van der Waals surface area contributed by atoms with Crippen LogP contribution in [-0.4, -0.2) is 33.0 Å². The number of rotatable bonds is 9. The zero-order valence-electron chi connectivity index (χ0n) is 14.4. The van der Waals surface area contributed by atoms with Gasteiger partial charge in [-0.05, 0) is 48.7 Å². The van der Waals surface area contributed by atoms with Gasteiger partial charge in [-0.1, -0.05) is 6.07 Å². The van der Waals surface area contributed by atoms with Crippen LogP contribution >= 0.6 is 11.8 Å². The first-order chi connectivity index (χ1) is 12.9. The van der Waals surface area contributed by atoms with Gasteiger partial charge in [-0.3, -0.25) is 20.4 Å². The molecule has 11 heteroatoms. The molecule has 144 valence electrons. The van der Waals surface area contributed by atoms with Crippen molar-refractivity contribution in [2.75, 3.05) is 27.6 Å². The predicted octanol–water partition coefficient (Wildman–Crippen LogP) is 2.00. The molecule has 2 rings (SSSR count). The Bertz CT molecular complexity index is 888. The topological polar surface area (TPSA) is 128 Å². The van der Waals surface area contributed by atoms with Crippen molar-refractivity contribution in [1.82, 2.24) is 10.7 Å². The van der Waals surface area contributed by atoms with Crippen LogP contribution in [-0.2, 0) is 14.8 Å². The van der Waals surface area contributed by atoms with Gasteiger partial charge in [0.05, 0.1) is 16.5 Å². The molecular formula is C16H19N5O4S2. The lowest BCUT2D eigenvalue weighted by Crippen LogP contribution is -2.28. The van der Waals surface area contributed by atoms with E-state index in [2.05, 4.69) is 26.2 Å². The van der Waals surface area contributed by atoms with Crippen LogP contribution in [0, 0.1) is 0 Å². The van der Waals surface area contributed by atoms with Crippen LogP contribution in [0.15, 0.2) is 53.4 Å². The van der Waals surface area contributed by atoms with Crippen molar-refractivity contribution in [2.45, 2.75) is 4.90 Å². The van der Waals surface area contributed by atoms with Crippen LogP contribution in [0.4, 0.5) is 21.9 Å². The fourth-order valence-electron chi connectivity index (χ4n) is 2.00. The number of carbonyl (C=O) groups is 2. The van der Waals surface area contributed by atoms with Gasteiger partial charge >= 0.3 is 6.03 Å². The predicted molar refractivity (Wildman–Crippen MR) is 107 cm³/mol. The van der Waals surface area contributed by atoms with Gasteiger partial charge < -0.3 is 10.6 Å². The Morgan fingerprint density at radius 3 is 2.44 bits per heavy atom. The zero-order chi connectivity index (χ0) is 19.7. The third-order valence-corrected chi connectivity index (χ3v) is 5.00. The number of thioether (sulfide) groups is 1. The summed E-state index contributed by atoms with van der Waals surface area (Å²) in [4.78, 5) is 21.9. The molecule has 0 aliphatic carbocycles.